The predicted octanol–water partition coefficient (Wildman–Crippen LogP) is 5.31. The van der Waals surface area contributed by atoms with Gasteiger partial charge in [0.15, 0.2) is 0 Å². The molecule has 2 heterocycles. The molecule has 2 bridgehead atoms. The van der Waals surface area contributed by atoms with E-state index >= 15 is 0 Å². The molecule has 2 fully saturated rings. The van der Waals surface area contributed by atoms with Gasteiger partial charge in [0.25, 0.3) is 5.91 Å². The number of hydrogen-bond acceptors (Lipinski definition) is 3. The standard InChI is InChI=1S/C27H27N3O/c31-27(29-16-21-8-4-5-13-28-21)20-11-12-23-22(15-20)24-18-9-10-19(14-18)25(24)26(30-23)17-6-2-1-3-7-17/h1-8,11-13,15,18-19,24-26,30H,9-10,14,16H2,(H,29,31)/t18-,19-,24-,25-,26-/m0/s1. The van der Waals surface area contributed by atoms with Crippen LogP contribution in [0, 0.1) is 17.8 Å². The van der Waals surface area contributed by atoms with E-state index in [-0.39, 0.29) is 5.91 Å². The Morgan fingerprint density at radius 3 is 2.68 bits per heavy atom. The van der Waals surface area contributed by atoms with Crippen LogP contribution >= 0.6 is 0 Å². The van der Waals surface area contributed by atoms with Crippen LogP contribution in [0.5, 0.6) is 0 Å². The molecule has 0 unspecified atom stereocenters. The second-order valence-electron chi connectivity index (χ2n) is 9.27. The van der Waals surface area contributed by atoms with Crippen LogP contribution < -0.4 is 10.6 Å². The van der Waals surface area contributed by atoms with Crippen molar-refractivity contribution in [2.45, 2.75) is 37.8 Å². The fourth-order valence-electron chi connectivity index (χ4n) is 6.39. The summed E-state index contributed by atoms with van der Waals surface area (Å²) >= 11 is 0. The summed E-state index contributed by atoms with van der Waals surface area (Å²) in [5.41, 5.74) is 5.54. The molecule has 4 nitrogen and oxygen atoms in total. The Bertz CT molecular complexity index is 1100. The van der Waals surface area contributed by atoms with Gasteiger partial charge in [-0.05, 0) is 84.4 Å². The molecule has 1 aliphatic heterocycles. The minimum Gasteiger partial charge on any atom is -0.378 e. The maximum atomic E-state index is 12.9. The zero-order chi connectivity index (χ0) is 20.8. The van der Waals surface area contributed by atoms with Crippen LogP contribution in [0.3, 0.4) is 0 Å². The van der Waals surface area contributed by atoms with Gasteiger partial charge in [0.1, 0.15) is 0 Å². The van der Waals surface area contributed by atoms with Crippen molar-refractivity contribution in [3.8, 4) is 0 Å². The normalized spacial score (nSPS) is 27.8. The zero-order valence-corrected chi connectivity index (χ0v) is 17.5. The van der Waals surface area contributed by atoms with Gasteiger partial charge in [-0.3, -0.25) is 9.78 Å². The SMILES string of the molecule is O=C(NCc1ccccn1)c1ccc2c(c1)[C@@H]1[C@H]3CC[C@@H](C3)[C@@H]1[C@H](c1ccccc1)N2. The number of fused-ring (bicyclic) bond motifs is 7. The number of rotatable bonds is 4. The van der Waals surface area contributed by atoms with Gasteiger partial charge < -0.3 is 10.6 Å². The molecule has 5 atom stereocenters. The Morgan fingerprint density at radius 1 is 1.00 bits per heavy atom. The maximum Gasteiger partial charge on any atom is 0.251 e. The number of amides is 1. The minimum atomic E-state index is -0.0293. The molecule has 3 aliphatic rings. The van der Waals surface area contributed by atoms with Gasteiger partial charge in [-0.15, -0.1) is 0 Å². The average molecular weight is 410 g/mol. The predicted molar refractivity (Wildman–Crippen MR) is 122 cm³/mol. The van der Waals surface area contributed by atoms with Crippen LogP contribution in [0.4, 0.5) is 5.69 Å². The fraction of sp³-hybridized carbons (Fsp3) is 0.333. The molecule has 1 aromatic heterocycles. The number of benzene rings is 2. The molecule has 3 aromatic rings. The second-order valence-corrected chi connectivity index (χ2v) is 9.27. The largest absolute Gasteiger partial charge is 0.378 e. The van der Waals surface area contributed by atoms with Crippen molar-refractivity contribution in [3.63, 3.8) is 0 Å². The van der Waals surface area contributed by atoms with E-state index in [0.29, 0.717) is 24.4 Å². The van der Waals surface area contributed by atoms with Crippen LogP contribution in [-0.2, 0) is 6.54 Å². The van der Waals surface area contributed by atoms with Crippen molar-refractivity contribution in [1.82, 2.24) is 10.3 Å². The van der Waals surface area contributed by atoms with E-state index < -0.39 is 0 Å². The Hall–Kier alpha value is -3.14. The lowest BCUT2D eigenvalue weighted by atomic mass is 9.68. The van der Waals surface area contributed by atoms with Crippen molar-refractivity contribution in [3.05, 3.63) is 95.3 Å². The highest BCUT2D eigenvalue weighted by molar-refractivity contribution is 5.95. The van der Waals surface area contributed by atoms with E-state index in [4.69, 9.17) is 0 Å². The molecule has 156 valence electrons. The van der Waals surface area contributed by atoms with Gasteiger partial charge in [0.05, 0.1) is 18.3 Å². The molecule has 2 saturated carbocycles. The van der Waals surface area contributed by atoms with Crippen LogP contribution in [0.25, 0.3) is 0 Å². The third-order valence-electron chi connectivity index (χ3n) is 7.66. The minimum absolute atomic E-state index is 0.0293. The van der Waals surface area contributed by atoms with Gasteiger partial charge in [-0.2, -0.15) is 0 Å². The number of hydrogen-bond donors (Lipinski definition) is 2. The molecule has 4 heteroatoms. The van der Waals surface area contributed by atoms with E-state index in [2.05, 4.69) is 58.1 Å². The fourth-order valence-corrected chi connectivity index (χ4v) is 6.39. The third-order valence-corrected chi connectivity index (χ3v) is 7.66. The highest BCUT2D eigenvalue weighted by atomic mass is 16.1. The first-order valence-electron chi connectivity index (χ1n) is 11.4. The first-order chi connectivity index (χ1) is 15.3. The van der Waals surface area contributed by atoms with Crippen molar-refractivity contribution in [2.75, 3.05) is 5.32 Å². The number of pyridine rings is 1. The summed E-state index contributed by atoms with van der Waals surface area (Å²) in [4.78, 5) is 17.2. The summed E-state index contributed by atoms with van der Waals surface area (Å²) in [6.45, 7) is 0.446. The molecule has 0 radical (unpaired) electrons. The zero-order valence-electron chi connectivity index (χ0n) is 17.5. The molecule has 1 amide bonds. The summed E-state index contributed by atoms with van der Waals surface area (Å²) in [6, 6.07) is 23.2. The van der Waals surface area contributed by atoms with Crippen LogP contribution in [0.2, 0.25) is 0 Å². The van der Waals surface area contributed by atoms with Crippen molar-refractivity contribution < 1.29 is 4.79 Å². The number of anilines is 1. The Balaban J connectivity index is 1.30. The lowest BCUT2D eigenvalue weighted by Crippen LogP contribution is -2.35. The molecule has 0 spiro atoms. The molecule has 31 heavy (non-hydrogen) atoms. The molecule has 2 aliphatic carbocycles. The molecule has 0 saturated heterocycles. The van der Waals surface area contributed by atoms with Crippen molar-refractivity contribution in [2.24, 2.45) is 17.8 Å². The first-order valence-corrected chi connectivity index (χ1v) is 11.4. The quantitative estimate of drug-likeness (QED) is 0.614. The smallest absolute Gasteiger partial charge is 0.251 e. The van der Waals surface area contributed by atoms with Crippen LogP contribution in [0.1, 0.15) is 58.4 Å². The number of carbonyl (C=O) groups is 1. The highest BCUT2D eigenvalue weighted by Gasteiger charge is 2.53. The van der Waals surface area contributed by atoms with E-state index in [0.717, 1.165) is 23.1 Å². The van der Waals surface area contributed by atoms with Crippen molar-refractivity contribution >= 4 is 11.6 Å². The van der Waals surface area contributed by atoms with E-state index in [9.17, 15) is 4.79 Å². The molecular formula is C27H27N3O. The van der Waals surface area contributed by atoms with Gasteiger partial charge in [0.2, 0.25) is 0 Å². The number of carbonyl (C=O) groups excluding carboxylic acids is 1. The Labute approximate surface area is 183 Å². The van der Waals surface area contributed by atoms with Crippen LogP contribution in [-0.4, -0.2) is 10.9 Å². The summed E-state index contributed by atoms with van der Waals surface area (Å²) in [5, 5.41) is 6.88. The Kier molecular flexibility index (Phi) is 4.52. The lowest BCUT2D eigenvalue weighted by molar-refractivity contribution is 0.0950. The highest BCUT2D eigenvalue weighted by Crippen LogP contribution is 2.63. The first kappa shape index (κ1) is 18.6. The van der Waals surface area contributed by atoms with Gasteiger partial charge in [-0.25, -0.2) is 0 Å². The van der Waals surface area contributed by atoms with Gasteiger partial charge in [0, 0.05) is 17.4 Å². The number of nitrogens with one attached hydrogen (secondary N) is 2. The van der Waals surface area contributed by atoms with E-state index in [1.165, 1.54) is 36.1 Å². The van der Waals surface area contributed by atoms with Gasteiger partial charge >= 0.3 is 0 Å². The topological polar surface area (TPSA) is 54.0 Å². The maximum absolute atomic E-state index is 12.9. The number of aromatic nitrogens is 1. The molecular weight excluding hydrogens is 382 g/mol. The molecule has 2 N–H and O–H groups in total. The second kappa shape index (κ2) is 7.52. The summed E-state index contributed by atoms with van der Waals surface area (Å²) in [7, 11) is 0. The lowest BCUT2D eigenvalue weighted by Gasteiger charge is -2.43. The Morgan fingerprint density at radius 2 is 1.84 bits per heavy atom. The van der Waals surface area contributed by atoms with E-state index in [1.54, 1.807) is 6.20 Å². The molecule has 2 aromatic carbocycles. The average Bonchev–Trinajstić information content (AvgIpc) is 3.46. The monoisotopic (exact) mass is 409 g/mol. The van der Waals surface area contributed by atoms with Crippen LogP contribution in [0.15, 0.2) is 72.9 Å². The summed E-state index contributed by atoms with van der Waals surface area (Å²) in [5.74, 6) is 2.65. The summed E-state index contributed by atoms with van der Waals surface area (Å²) in [6.07, 6.45) is 5.75. The van der Waals surface area contributed by atoms with Gasteiger partial charge in [-0.1, -0.05) is 36.4 Å². The molecule has 6 rings (SSSR count). The number of nitrogens with zero attached hydrogens (tertiary/aromatic N) is 1. The van der Waals surface area contributed by atoms with E-state index in [1.807, 2.05) is 24.3 Å². The van der Waals surface area contributed by atoms with Crippen molar-refractivity contribution in [1.29, 1.82) is 0 Å². The third kappa shape index (κ3) is 3.21. The summed E-state index contributed by atoms with van der Waals surface area (Å²) < 4.78 is 0.